The van der Waals surface area contributed by atoms with E-state index in [1.54, 1.807) is 0 Å². The molecule has 0 saturated carbocycles. The molecule has 1 aromatic heterocycles. The first-order valence-electron chi connectivity index (χ1n) is 5.32. The highest BCUT2D eigenvalue weighted by Crippen LogP contribution is 2.28. The summed E-state index contributed by atoms with van der Waals surface area (Å²) >= 11 is 0. The molecule has 2 aromatic rings. The summed E-state index contributed by atoms with van der Waals surface area (Å²) in [6.07, 6.45) is -4.75. The Morgan fingerprint density at radius 2 is 1.70 bits per heavy atom. The Morgan fingerprint density at radius 3 is 2.20 bits per heavy atom. The molecule has 1 heterocycles. The number of ether oxygens (including phenoxy) is 1. The summed E-state index contributed by atoms with van der Waals surface area (Å²) in [6, 6.07) is 10.1. The third kappa shape index (κ3) is 2.90. The molecule has 4 nitrogen and oxygen atoms in total. The van der Waals surface area contributed by atoms with Crippen LogP contribution < -0.4 is 4.74 Å². The van der Waals surface area contributed by atoms with Crippen molar-refractivity contribution in [2.24, 2.45) is 0 Å². The second kappa shape index (κ2) is 4.98. The van der Waals surface area contributed by atoms with Crippen molar-refractivity contribution >= 4 is 0 Å². The van der Waals surface area contributed by atoms with Crippen LogP contribution in [0.25, 0.3) is 11.3 Å². The Bertz CT molecular complexity index is 702. The van der Waals surface area contributed by atoms with E-state index >= 15 is 0 Å². The summed E-state index contributed by atoms with van der Waals surface area (Å²) in [6.45, 7) is 0. The summed E-state index contributed by atoms with van der Waals surface area (Å²) in [5, 5.41) is 17.7. The van der Waals surface area contributed by atoms with Crippen LogP contribution in [-0.4, -0.2) is 11.3 Å². The predicted octanol–water partition coefficient (Wildman–Crippen LogP) is 3.32. The zero-order valence-corrected chi connectivity index (χ0v) is 9.82. The summed E-state index contributed by atoms with van der Waals surface area (Å²) in [5.74, 6) is -0.355. The number of nitriles is 2. The van der Waals surface area contributed by atoms with Gasteiger partial charge in [0.15, 0.2) is 0 Å². The average Bonchev–Trinajstić information content (AvgIpc) is 2.81. The first kappa shape index (κ1) is 13.5. The van der Waals surface area contributed by atoms with Gasteiger partial charge >= 0.3 is 6.36 Å². The molecule has 1 aromatic carbocycles. The molecular formula is C13H6F3N3O. The van der Waals surface area contributed by atoms with Crippen LogP contribution in [0.4, 0.5) is 13.2 Å². The van der Waals surface area contributed by atoms with Crippen molar-refractivity contribution in [3.8, 4) is 29.1 Å². The van der Waals surface area contributed by atoms with E-state index < -0.39 is 6.36 Å². The minimum Gasteiger partial charge on any atom is -0.406 e. The van der Waals surface area contributed by atoms with E-state index in [9.17, 15) is 13.2 Å². The summed E-state index contributed by atoms with van der Waals surface area (Å²) in [4.78, 5) is 2.72. The third-order valence-corrected chi connectivity index (χ3v) is 2.44. The van der Waals surface area contributed by atoms with Gasteiger partial charge in [-0.15, -0.1) is 13.2 Å². The molecular weight excluding hydrogens is 271 g/mol. The molecule has 0 aliphatic rings. The van der Waals surface area contributed by atoms with Crippen LogP contribution in [0.2, 0.25) is 0 Å². The van der Waals surface area contributed by atoms with Gasteiger partial charge < -0.3 is 9.72 Å². The minimum absolute atomic E-state index is 0.201. The Hall–Kier alpha value is -2.93. The minimum atomic E-state index is -4.75. The van der Waals surface area contributed by atoms with E-state index in [2.05, 4.69) is 9.72 Å². The lowest BCUT2D eigenvalue weighted by Crippen LogP contribution is -2.16. The maximum absolute atomic E-state index is 12.0. The molecule has 2 rings (SSSR count). The SMILES string of the molecule is N#Cc1cc(C#N)c(-c2ccc(OC(F)(F)F)cc2)[nH]1. The topological polar surface area (TPSA) is 72.6 Å². The zero-order chi connectivity index (χ0) is 14.8. The largest absolute Gasteiger partial charge is 0.573 e. The second-order valence-corrected chi connectivity index (χ2v) is 3.77. The quantitative estimate of drug-likeness (QED) is 0.915. The highest BCUT2D eigenvalue weighted by molar-refractivity contribution is 5.69. The number of H-pyrrole nitrogens is 1. The lowest BCUT2D eigenvalue weighted by molar-refractivity contribution is -0.274. The number of aromatic amines is 1. The lowest BCUT2D eigenvalue weighted by atomic mass is 10.1. The van der Waals surface area contributed by atoms with Crippen LogP contribution in [0, 0.1) is 22.7 Å². The van der Waals surface area contributed by atoms with Crippen LogP contribution in [0.3, 0.4) is 0 Å². The van der Waals surface area contributed by atoms with Gasteiger partial charge in [-0.1, -0.05) is 0 Å². The van der Waals surface area contributed by atoms with Crippen molar-refractivity contribution in [2.75, 3.05) is 0 Å². The van der Waals surface area contributed by atoms with Crippen molar-refractivity contribution in [2.45, 2.75) is 6.36 Å². The molecule has 1 N–H and O–H groups in total. The summed E-state index contributed by atoms with van der Waals surface area (Å²) in [5.41, 5.74) is 1.30. The van der Waals surface area contributed by atoms with Crippen LogP contribution in [0.15, 0.2) is 30.3 Å². The number of benzene rings is 1. The Balaban J connectivity index is 2.34. The molecule has 0 bridgehead atoms. The fourth-order valence-corrected chi connectivity index (χ4v) is 1.65. The monoisotopic (exact) mass is 277 g/mol. The van der Waals surface area contributed by atoms with Crippen molar-refractivity contribution in [3.63, 3.8) is 0 Å². The van der Waals surface area contributed by atoms with Crippen molar-refractivity contribution in [1.82, 2.24) is 4.98 Å². The van der Waals surface area contributed by atoms with Crippen LogP contribution in [0.5, 0.6) is 5.75 Å². The molecule has 0 saturated heterocycles. The van der Waals surface area contributed by atoms with E-state index in [1.807, 2.05) is 12.1 Å². The Kier molecular flexibility index (Phi) is 3.36. The predicted molar refractivity (Wildman–Crippen MR) is 62.3 cm³/mol. The molecule has 0 aliphatic heterocycles. The molecule has 0 fully saturated rings. The number of hydrogen-bond donors (Lipinski definition) is 1. The maximum Gasteiger partial charge on any atom is 0.573 e. The smallest absolute Gasteiger partial charge is 0.406 e. The van der Waals surface area contributed by atoms with E-state index in [0.29, 0.717) is 11.3 Å². The summed E-state index contributed by atoms with van der Waals surface area (Å²) < 4.78 is 39.8. The summed E-state index contributed by atoms with van der Waals surface area (Å²) in [7, 11) is 0. The number of halogens is 3. The van der Waals surface area contributed by atoms with Gasteiger partial charge in [-0.25, -0.2) is 0 Å². The fourth-order valence-electron chi connectivity index (χ4n) is 1.65. The zero-order valence-electron chi connectivity index (χ0n) is 9.82. The van der Waals surface area contributed by atoms with Gasteiger partial charge in [-0.2, -0.15) is 10.5 Å². The Labute approximate surface area is 111 Å². The molecule has 0 radical (unpaired) electrons. The molecule has 0 aliphatic carbocycles. The fraction of sp³-hybridized carbons (Fsp3) is 0.0769. The maximum atomic E-state index is 12.0. The van der Waals surface area contributed by atoms with Gasteiger partial charge in [0.2, 0.25) is 0 Å². The van der Waals surface area contributed by atoms with Crippen LogP contribution in [0.1, 0.15) is 11.3 Å². The van der Waals surface area contributed by atoms with Crippen molar-refractivity contribution < 1.29 is 17.9 Å². The molecule has 0 unspecified atom stereocenters. The number of aromatic nitrogens is 1. The van der Waals surface area contributed by atoms with Gasteiger partial charge in [0, 0.05) is 0 Å². The highest BCUT2D eigenvalue weighted by atomic mass is 19.4. The van der Waals surface area contributed by atoms with Crippen LogP contribution >= 0.6 is 0 Å². The molecule has 20 heavy (non-hydrogen) atoms. The Morgan fingerprint density at radius 1 is 1.05 bits per heavy atom. The first-order chi connectivity index (χ1) is 9.43. The normalized spacial score (nSPS) is 10.7. The molecule has 0 amide bonds. The number of nitrogens with one attached hydrogen (secondary N) is 1. The van der Waals surface area contributed by atoms with Crippen LogP contribution in [-0.2, 0) is 0 Å². The second-order valence-electron chi connectivity index (χ2n) is 3.77. The molecule has 0 spiro atoms. The van der Waals surface area contributed by atoms with Gasteiger partial charge in [-0.3, -0.25) is 0 Å². The lowest BCUT2D eigenvalue weighted by Gasteiger charge is -2.09. The number of rotatable bonds is 2. The average molecular weight is 277 g/mol. The van der Waals surface area contributed by atoms with E-state index in [1.165, 1.54) is 18.2 Å². The van der Waals surface area contributed by atoms with E-state index in [0.717, 1.165) is 12.1 Å². The van der Waals surface area contributed by atoms with Crippen molar-refractivity contribution in [3.05, 3.63) is 41.6 Å². The first-order valence-corrected chi connectivity index (χ1v) is 5.32. The molecule has 0 atom stereocenters. The molecule has 7 heteroatoms. The number of alkyl halides is 3. The van der Waals surface area contributed by atoms with Gasteiger partial charge in [0.1, 0.15) is 23.6 Å². The third-order valence-electron chi connectivity index (χ3n) is 2.44. The van der Waals surface area contributed by atoms with Gasteiger partial charge in [-0.05, 0) is 35.9 Å². The number of hydrogen-bond acceptors (Lipinski definition) is 3. The van der Waals surface area contributed by atoms with Gasteiger partial charge in [0.05, 0.1) is 11.3 Å². The molecule has 100 valence electrons. The van der Waals surface area contributed by atoms with Crippen molar-refractivity contribution in [1.29, 1.82) is 10.5 Å². The van der Waals surface area contributed by atoms with Gasteiger partial charge in [0.25, 0.3) is 0 Å². The standard InChI is InChI=1S/C13H6F3N3O/c14-13(15,16)20-11-3-1-8(2-4-11)12-9(6-17)5-10(7-18)19-12/h1-5,19H. The van der Waals surface area contributed by atoms with E-state index in [-0.39, 0.29) is 17.0 Å². The highest BCUT2D eigenvalue weighted by Gasteiger charge is 2.31. The number of nitrogens with zero attached hydrogens (tertiary/aromatic N) is 2. The van der Waals surface area contributed by atoms with E-state index in [4.69, 9.17) is 10.5 Å².